The Morgan fingerprint density at radius 3 is 2.58 bits per heavy atom. The lowest BCUT2D eigenvalue weighted by Gasteiger charge is -2.08. The van der Waals surface area contributed by atoms with Crippen LogP contribution >= 0.6 is 0 Å². The molecule has 0 bridgehead atoms. The third-order valence-corrected chi connectivity index (χ3v) is 2.42. The summed E-state index contributed by atoms with van der Waals surface area (Å²) in [5, 5.41) is 11.6. The van der Waals surface area contributed by atoms with Gasteiger partial charge in [-0.1, -0.05) is 0 Å². The molecule has 1 heterocycles. The third-order valence-electron chi connectivity index (χ3n) is 2.42. The molecule has 98 valence electrons. The van der Waals surface area contributed by atoms with Gasteiger partial charge in [0.25, 0.3) is 0 Å². The molecule has 0 saturated carbocycles. The van der Waals surface area contributed by atoms with E-state index in [0.29, 0.717) is 11.4 Å². The van der Waals surface area contributed by atoms with Crippen LogP contribution in [0, 0.1) is 5.82 Å². The molecule has 0 spiro atoms. The lowest BCUT2D eigenvalue weighted by atomic mass is 10.2. The van der Waals surface area contributed by atoms with Crippen molar-refractivity contribution in [2.75, 3.05) is 12.4 Å². The molecule has 0 saturated heterocycles. The highest BCUT2D eigenvalue weighted by Crippen LogP contribution is 2.23. The number of benzene rings is 1. The van der Waals surface area contributed by atoms with Gasteiger partial charge < -0.3 is 15.2 Å². The maximum Gasteiger partial charge on any atom is 0.354 e. The Balaban J connectivity index is 2.16. The largest absolute Gasteiger partial charge is 0.494 e. The SMILES string of the molecule is COc1ccc(Nc2ccc(C(=O)O)nc2)cc1F. The molecule has 2 rings (SSSR count). The molecule has 5 nitrogen and oxygen atoms in total. The van der Waals surface area contributed by atoms with Crippen LogP contribution in [-0.2, 0) is 0 Å². The molecule has 1 aromatic heterocycles. The molecule has 19 heavy (non-hydrogen) atoms. The summed E-state index contributed by atoms with van der Waals surface area (Å²) in [5.41, 5.74) is 1.03. The number of rotatable bonds is 4. The summed E-state index contributed by atoms with van der Waals surface area (Å²) in [6, 6.07) is 7.34. The van der Waals surface area contributed by atoms with E-state index in [1.807, 2.05) is 0 Å². The first-order valence-electron chi connectivity index (χ1n) is 5.40. The molecule has 1 aromatic carbocycles. The maximum atomic E-state index is 13.5. The second-order valence-electron chi connectivity index (χ2n) is 3.71. The molecule has 0 amide bonds. The summed E-state index contributed by atoms with van der Waals surface area (Å²) in [4.78, 5) is 14.4. The topological polar surface area (TPSA) is 71.5 Å². The van der Waals surface area contributed by atoms with E-state index in [0.717, 1.165) is 0 Å². The molecule has 0 aliphatic heterocycles. The Morgan fingerprint density at radius 1 is 1.32 bits per heavy atom. The van der Waals surface area contributed by atoms with E-state index < -0.39 is 11.8 Å². The molecule has 2 aromatic rings. The van der Waals surface area contributed by atoms with Crippen LogP contribution in [0.4, 0.5) is 15.8 Å². The van der Waals surface area contributed by atoms with Gasteiger partial charge in [-0.2, -0.15) is 0 Å². The van der Waals surface area contributed by atoms with E-state index in [4.69, 9.17) is 9.84 Å². The van der Waals surface area contributed by atoms with Crippen molar-refractivity contribution in [1.82, 2.24) is 4.98 Å². The van der Waals surface area contributed by atoms with Crippen LogP contribution in [0.3, 0.4) is 0 Å². The fourth-order valence-corrected chi connectivity index (χ4v) is 1.51. The van der Waals surface area contributed by atoms with Gasteiger partial charge in [-0.15, -0.1) is 0 Å². The lowest BCUT2D eigenvalue weighted by Crippen LogP contribution is -2.00. The average Bonchev–Trinajstić information content (AvgIpc) is 2.39. The summed E-state index contributed by atoms with van der Waals surface area (Å²) in [6.07, 6.45) is 1.37. The Labute approximate surface area is 108 Å². The number of aromatic carboxylic acids is 1. The minimum atomic E-state index is -1.10. The maximum absolute atomic E-state index is 13.5. The van der Waals surface area contributed by atoms with Crippen LogP contribution in [0.5, 0.6) is 5.75 Å². The zero-order valence-corrected chi connectivity index (χ0v) is 10.1. The van der Waals surface area contributed by atoms with Crippen LogP contribution in [-0.4, -0.2) is 23.2 Å². The van der Waals surface area contributed by atoms with E-state index >= 15 is 0 Å². The van der Waals surface area contributed by atoms with Gasteiger partial charge in [0.15, 0.2) is 11.6 Å². The van der Waals surface area contributed by atoms with Crippen LogP contribution < -0.4 is 10.1 Å². The van der Waals surface area contributed by atoms with Crippen molar-refractivity contribution in [3.8, 4) is 5.75 Å². The number of carboxylic acid groups (broad SMARTS) is 1. The molecule has 0 aliphatic rings. The number of ether oxygens (including phenoxy) is 1. The van der Waals surface area contributed by atoms with Crippen molar-refractivity contribution in [2.45, 2.75) is 0 Å². The van der Waals surface area contributed by atoms with Crippen molar-refractivity contribution >= 4 is 17.3 Å². The number of halogens is 1. The fourth-order valence-electron chi connectivity index (χ4n) is 1.51. The number of carbonyl (C=O) groups is 1. The highest BCUT2D eigenvalue weighted by molar-refractivity contribution is 5.85. The summed E-state index contributed by atoms with van der Waals surface area (Å²) < 4.78 is 18.3. The molecular formula is C13H11FN2O3. The third kappa shape index (κ3) is 2.98. The van der Waals surface area contributed by atoms with Crippen molar-refractivity contribution in [2.24, 2.45) is 0 Å². The van der Waals surface area contributed by atoms with Gasteiger partial charge in [-0.3, -0.25) is 0 Å². The average molecular weight is 262 g/mol. The van der Waals surface area contributed by atoms with Crippen LogP contribution in [0.15, 0.2) is 36.5 Å². The van der Waals surface area contributed by atoms with Gasteiger partial charge in [0.2, 0.25) is 0 Å². The monoisotopic (exact) mass is 262 g/mol. The van der Waals surface area contributed by atoms with E-state index in [1.54, 1.807) is 12.1 Å². The predicted molar refractivity (Wildman–Crippen MR) is 67.4 cm³/mol. The second kappa shape index (κ2) is 5.34. The molecule has 0 radical (unpaired) electrons. The molecule has 0 unspecified atom stereocenters. The van der Waals surface area contributed by atoms with Crippen LogP contribution in [0.2, 0.25) is 0 Å². The molecule has 6 heteroatoms. The van der Waals surface area contributed by atoms with E-state index in [1.165, 1.54) is 31.5 Å². The zero-order valence-electron chi connectivity index (χ0n) is 10.1. The number of hydrogen-bond acceptors (Lipinski definition) is 4. The minimum absolute atomic E-state index is 0.0496. The number of anilines is 2. The Hall–Kier alpha value is -2.63. The molecule has 0 atom stereocenters. The molecule has 0 fully saturated rings. The standard InChI is InChI=1S/C13H11FN2O3/c1-19-12-5-3-8(6-10(12)14)16-9-2-4-11(13(17)18)15-7-9/h2-7,16H,1H3,(H,17,18). The summed E-state index contributed by atoms with van der Waals surface area (Å²) in [5.74, 6) is -1.42. The lowest BCUT2D eigenvalue weighted by molar-refractivity contribution is 0.0690. The first-order valence-corrected chi connectivity index (χ1v) is 5.40. The van der Waals surface area contributed by atoms with Crippen molar-refractivity contribution < 1.29 is 19.0 Å². The van der Waals surface area contributed by atoms with Gasteiger partial charge in [0.1, 0.15) is 5.69 Å². The first-order chi connectivity index (χ1) is 9.10. The Kier molecular flexibility index (Phi) is 3.61. The number of carboxylic acids is 1. The predicted octanol–water partition coefficient (Wildman–Crippen LogP) is 2.67. The minimum Gasteiger partial charge on any atom is -0.494 e. The quantitative estimate of drug-likeness (QED) is 0.886. The molecule has 2 N–H and O–H groups in total. The Bertz CT molecular complexity index is 599. The van der Waals surface area contributed by atoms with Crippen molar-refractivity contribution in [1.29, 1.82) is 0 Å². The fraction of sp³-hybridized carbons (Fsp3) is 0.0769. The zero-order chi connectivity index (χ0) is 13.8. The normalized spacial score (nSPS) is 10.0. The number of pyridine rings is 1. The van der Waals surface area contributed by atoms with Gasteiger partial charge in [-0.25, -0.2) is 14.2 Å². The van der Waals surface area contributed by atoms with Gasteiger partial charge in [-0.05, 0) is 24.3 Å². The number of nitrogens with one attached hydrogen (secondary N) is 1. The summed E-state index contributed by atoms with van der Waals surface area (Å²) in [6.45, 7) is 0. The highest BCUT2D eigenvalue weighted by Gasteiger charge is 2.05. The van der Waals surface area contributed by atoms with Gasteiger partial charge in [0, 0.05) is 11.8 Å². The summed E-state index contributed by atoms with van der Waals surface area (Å²) in [7, 11) is 1.39. The van der Waals surface area contributed by atoms with Crippen molar-refractivity contribution in [3.05, 3.63) is 48.0 Å². The number of methoxy groups -OCH3 is 1. The van der Waals surface area contributed by atoms with E-state index in [2.05, 4.69) is 10.3 Å². The first kappa shape index (κ1) is 12.8. The van der Waals surface area contributed by atoms with E-state index in [-0.39, 0.29) is 11.4 Å². The van der Waals surface area contributed by atoms with Crippen LogP contribution in [0.1, 0.15) is 10.5 Å². The number of hydrogen-bond donors (Lipinski definition) is 2. The smallest absolute Gasteiger partial charge is 0.354 e. The summed E-state index contributed by atoms with van der Waals surface area (Å²) >= 11 is 0. The van der Waals surface area contributed by atoms with Crippen molar-refractivity contribution in [3.63, 3.8) is 0 Å². The Morgan fingerprint density at radius 2 is 2.05 bits per heavy atom. The van der Waals surface area contributed by atoms with Gasteiger partial charge >= 0.3 is 5.97 Å². The van der Waals surface area contributed by atoms with E-state index in [9.17, 15) is 9.18 Å². The number of aromatic nitrogens is 1. The molecule has 0 aliphatic carbocycles. The van der Waals surface area contributed by atoms with Crippen LogP contribution in [0.25, 0.3) is 0 Å². The molecular weight excluding hydrogens is 251 g/mol. The second-order valence-corrected chi connectivity index (χ2v) is 3.71. The highest BCUT2D eigenvalue weighted by atomic mass is 19.1. The van der Waals surface area contributed by atoms with Gasteiger partial charge in [0.05, 0.1) is 19.0 Å². The number of nitrogens with zero attached hydrogens (tertiary/aromatic N) is 1.